The quantitative estimate of drug-likeness (QED) is 0.856. The fourth-order valence-corrected chi connectivity index (χ4v) is 2.34. The summed E-state index contributed by atoms with van der Waals surface area (Å²) in [7, 11) is 0. The van der Waals surface area contributed by atoms with Crippen LogP contribution in [0.15, 0.2) is 30.6 Å². The molecule has 1 N–H and O–H groups in total. The van der Waals surface area contributed by atoms with Crippen LogP contribution in [0.5, 0.6) is 0 Å². The summed E-state index contributed by atoms with van der Waals surface area (Å²) >= 11 is 0. The summed E-state index contributed by atoms with van der Waals surface area (Å²) in [5.41, 5.74) is 0.953. The summed E-state index contributed by atoms with van der Waals surface area (Å²) in [6.07, 6.45) is 7.91. The zero-order valence-corrected chi connectivity index (χ0v) is 11.2. The van der Waals surface area contributed by atoms with E-state index in [0.29, 0.717) is 25.4 Å². The molecule has 0 saturated carbocycles. The van der Waals surface area contributed by atoms with Crippen molar-refractivity contribution in [2.75, 3.05) is 13.1 Å². The number of pyridine rings is 1. The number of hydrogen-bond acceptors (Lipinski definition) is 3. The maximum Gasteiger partial charge on any atom is 0.407 e. The summed E-state index contributed by atoms with van der Waals surface area (Å²) in [5.74, 6) is 0.385. The van der Waals surface area contributed by atoms with Crippen molar-refractivity contribution in [2.45, 2.75) is 19.3 Å². The minimum Gasteiger partial charge on any atom is -0.465 e. The van der Waals surface area contributed by atoms with E-state index in [1.807, 2.05) is 12.1 Å². The Hall–Kier alpha value is -2.17. The number of amides is 1. The highest BCUT2D eigenvalue weighted by Gasteiger charge is 2.23. The molecule has 1 aromatic heterocycles. The zero-order chi connectivity index (χ0) is 14.4. The molecule has 2 rings (SSSR count). The van der Waals surface area contributed by atoms with Crippen molar-refractivity contribution in [3.63, 3.8) is 0 Å². The van der Waals surface area contributed by atoms with Crippen molar-refractivity contribution in [2.24, 2.45) is 5.92 Å². The number of likely N-dealkylation sites (tertiary alicyclic amines) is 1. The predicted molar refractivity (Wildman–Crippen MR) is 75.2 cm³/mol. The van der Waals surface area contributed by atoms with Crippen LogP contribution >= 0.6 is 0 Å². The van der Waals surface area contributed by atoms with Crippen molar-refractivity contribution >= 4 is 18.0 Å². The number of allylic oxidation sites excluding steroid dienone is 1. The lowest BCUT2D eigenvalue weighted by atomic mass is 9.91. The number of nitrogens with zero attached hydrogens (tertiary/aromatic N) is 2. The summed E-state index contributed by atoms with van der Waals surface area (Å²) in [6.45, 7) is 1.06. The van der Waals surface area contributed by atoms with E-state index in [1.54, 1.807) is 24.5 Å². The number of carboxylic acid groups (broad SMARTS) is 1. The van der Waals surface area contributed by atoms with Crippen LogP contribution < -0.4 is 0 Å². The van der Waals surface area contributed by atoms with Crippen LogP contribution in [0, 0.1) is 5.92 Å². The van der Waals surface area contributed by atoms with E-state index in [4.69, 9.17) is 5.11 Å². The molecule has 1 aromatic rings. The number of aromatic nitrogens is 1. The summed E-state index contributed by atoms with van der Waals surface area (Å²) in [5, 5.41) is 8.86. The van der Waals surface area contributed by atoms with Gasteiger partial charge in [0.05, 0.1) is 0 Å². The van der Waals surface area contributed by atoms with Crippen molar-refractivity contribution in [1.29, 1.82) is 0 Å². The third-order valence-electron chi connectivity index (χ3n) is 3.54. The van der Waals surface area contributed by atoms with Crippen LogP contribution in [-0.4, -0.2) is 40.0 Å². The molecule has 0 unspecified atom stereocenters. The summed E-state index contributed by atoms with van der Waals surface area (Å²) in [4.78, 5) is 28.0. The number of carbonyl (C=O) groups is 2. The average molecular weight is 274 g/mol. The van der Waals surface area contributed by atoms with E-state index in [2.05, 4.69) is 4.98 Å². The van der Waals surface area contributed by atoms with E-state index in [9.17, 15) is 9.59 Å². The summed E-state index contributed by atoms with van der Waals surface area (Å²) < 4.78 is 0. The van der Waals surface area contributed by atoms with Gasteiger partial charge >= 0.3 is 6.09 Å². The topological polar surface area (TPSA) is 70.5 Å². The van der Waals surface area contributed by atoms with Gasteiger partial charge in [0.1, 0.15) is 0 Å². The monoisotopic (exact) mass is 274 g/mol. The van der Waals surface area contributed by atoms with Gasteiger partial charge in [0.15, 0.2) is 5.78 Å². The Morgan fingerprint density at radius 1 is 1.30 bits per heavy atom. The van der Waals surface area contributed by atoms with Gasteiger partial charge in [-0.05, 0) is 42.5 Å². The Morgan fingerprint density at radius 3 is 2.55 bits per heavy atom. The Morgan fingerprint density at radius 2 is 1.95 bits per heavy atom. The Bertz CT molecular complexity index is 491. The number of rotatable bonds is 4. The van der Waals surface area contributed by atoms with Crippen LogP contribution in [0.1, 0.15) is 24.8 Å². The number of piperidine rings is 1. The van der Waals surface area contributed by atoms with E-state index in [-0.39, 0.29) is 5.78 Å². The molecule has 0 atom stereocenters. The molecule has 1 aliphatic rings. The fraction of sp³-hybridized carbons (Fsp3) is 0.400. The van der Waals surface area contributed by atoms with E-state index < -0.39 is 6.09 Å². The predicted octanol–water partition coefficient (Wildman–Crippen LogP) is 2.44. The van der Waals surface area contributed by atoms with Gasteiger partial charge in [0.2, 0.25) is 0 Å². The molecule has 0 aromatic carbocycles. The lowest BCUT2D eigenvalue weighted by Gasteiger charge is -2.29. The van der Waals surface area contributed by atoms with Gasteiger partial charge in [-0.25, -0.2) is 4.79 Å². The van der Waals surface area contributed by atoms with Gasteiger partial charge in [0.25, 0.3) is 0 Å². The molecule has 5 nitrogen and oxygen atoms in total. The second-order valence-corrected chi connectivity index (χ2v) is 5.00. The fourth-order valence-electron chi connectivity index (χ4n) is 2.34. The first-order valence-corrected chi connectivity index (χ1v) is 6.74. The van der Waals surface area contributed by atoms with Crippen molar-refractivity contribution in [1.82, 2.24) is 9.88 Å². The lowest BCUT2D eigenvalue weighted by Crippen LogP contribution is -2.37. The first-order chi connectivity index (χ1) is 9.65. The molecule has 20 heavy (non-hydrogen) atoms. The normalized spacial score (nSPS) is 16.5. The number of carbonyl (C=O) groups excluding carboxylic acids is 1. The molecule has 1 aliphatic heterocycles. The van der Waals surface area contributed by atoms with Crippen LogP contribution in [-0.2, 0) is 4.79 Å². The van der Waals surface area contributed by atoms with Crippen molar-refractivity contribution < 1.29 is 14.7 Å². The first kappa shape index (κ1) is 14.2. The maximum absolute atomic E-state index is 11.9. The lowest BCUT2D eigenvalue weighted by molar-refractivity contribution is -0.115. The summed E-state index contributed by atoms with van der Waals surface area (Å²) in [6, 6.07) is 3.68. The number of ketones is 1. The standard InChI is InChI=1S/C15H18N2O3/c18-14(2-1-12-3-7-16-8-4-12)11-13-5-9-17(10-6-13)15(19)20/h1-4,7-8,13H,5-6,9-11H2,(H,19,20)/b2-1+. The molecule has 0 bridgehead atoms. The van der Waals surface area contributed by atoms with Crippen molar-refractivity contribution in [3.05, 3.63) is 36.2 Å². The van der Waals surface area contributed by atoms with E-state index >= 15 is 0 Å². The molecule has 1 saturated heterocycles. The molecule has 0 spiro atoms. The third kappa shape index (κ3) is 4.19. The Labute approximate surface area is 117 Å². The third-order valence-corrected chi connectivity index (χ3v) is 3.54. The number of hydrogen-bond donors (Lipinski definition) is 1. The van der Waals surface area contributed by atoms with Crippen LogP contribution in [0.25, 0.3) is 6.08 Å². The van der Waals surface area contributed by atoms with Gasteiger partial charge in [-0.1, -0.05) is 6.08 Å². The molecule has 5 heteroatoms. The molecular formula is C15H18N2O3. The average Bonchev–Trinajstić information content (AvgIpc) is 2.47. The zero-order valence-electron chi connectivity index (χ0n) is 11.2. The molecule has 0 radical (unpaired) electrons. The highest BCUT2D eigenvalue weighted by atomic mass is 16.4. The van der Waals surface area contributed by atoms with E-state index in [1.165, 1.54) is 4.90 Å². The molecular weight excluding hydrogens is 256 g/mol. The Balaban J connectivity index is 1.78. The van der Waals surface area contributed by atoms with E-state index in [0.717, 1.165) is 18.4 Å². The van der Waals surface area contributed by atoms with Gasteiger partial charge in [-0.3, -0.25) is 9.78 Å². The van der Waals surface area contributed by atoms with Gasteiger partial charge in [0, 0.05) is 31.9 Å². The van der Waals surface area contributed by atoms with Gasteiger partial charge in [-0.15, -0.1) is 0 Å². The Kier molecular flexibility index (Phi) is 4.87. The van der Waals surface area contributed by atoms with Crippen molar-refractivity contribution in [3.8, 4) is 0 Å². The van der Waals surface area contributed by atoms with Crippen LogP contribution in [0.2, 0.25) is 0 Å². The first-order valence-electron chi connectivity index (χ1n) is 6.74. The molecule has 0 aliphatic carbocycles. The second-order valence-electron chi connectivity index (χ2n) is 5.00. The largest absolute Gasteiger partial charge is 0.465 e. The van der Waals surface area contributed by atoms with Gasteiger partial charge < -0.3 is 10.0 Å². The smallest absolute Gasteiger partial charge is 0.407 e. The van der Waals surface area contributed by atoms with Gasteiger partial charge in [-0.2, -0.15) is 0 Å². The molecule has 1 fully saturated rings. The minimum atomic E-state index is -0.868. The highest BCUT2D eigenvalue weighted by Crippen LogP contribution is 2.21. The maximum atomic E-state index is 11.9. The SMILES string of the molecule is O=C(/C=C/c1ccncc1)CC1CCN(C(=O)O)CC1. The molecule has 1 amide bonds. The van der Waals surface area contributed by atoms with Crippen LogP contribution in [0.3, 0.4) is 0 Å². The minimum absolute atomic E-state index is 0.0931. The second kappa shape index (κ2) is 6.84. The molecule has 2 heterocycles. The van der Waals surface area contributed by atoms with Crippen LogP contribution in [0.4, 0.5) is 4.79 Å². The highest BCUT2D eigenvalue weighted by molar-refractivity contribution is 5.93. The molecule has 106 valence electrons.